The van der Waals surface area contributed by atoms with Crippen LogP contribution in [0.4, 0.5) is 0 Å². The van der Waals surface area contributed by atoms with Crippen molar-refractivity contribution in [1.82, 2.24) is 4.90 Å². The third-order valence-corrected chi connectivity index (χ3v) is 2.61. The molecule has 1 heterocycles. The molecule has 1 unspecified atom stereocenters. The Bertz CT molecular complexity index is 195. The van der Waals surface area contributed by atoms with Crippen LogP contribution in [0.3, 0.4) is 0 Å². The van der Waals surface area contributed by atoms with Gasteiger partial charge in [-0.1, -0.05) is 0 Å². The number of amides is 1. The summed E-state index contributed by atoms with van der Waals surface area (Å²) in [6.45, 7) is 2.37. The second-order valence-corrected chi connectivity index (χ2v) is 3.89. The van der Waals surface area contributed by atoms with Crippen molar-refractivity contribution in [2.75, 3.05) is 39.3 Å². The number of ether oxygens (including phenoxy) is 2. The average Bonchev–Trinajstić information content (AvgIpc) is 2.76. The fourth-order valence-electron chi connectivity index (χ4n) is 1.61. The molecular weight excluding hydrogens is 218 g/mol. The molecule has 1 rings (SSSR count). The molecule has 1 fully saturated rings. The SMILES string of the molecule is COCCN(CCCl)C(=O)C1CCCO1. The van der Waals surface area contributed by atoms with Crippen LogP contribution >= 0.6 is 11.6 Å². The summed E-state index contributed by atoms with van der Waals surface area (Å²) in [5.41, 5.74) is 0. The van der Waals surface area contributed by atoms with E-state index in [4.69, 9.17) is 21.1 Å². The highest BCUT2D eigenvalue weighted by Gasteiger charge is 2.27. The fourth-order valence-corrected chi connectivity index (χ4v) is 1.82. The van der Waals surface area contributed by atoms with Crippen LogP contribution in [0.2, 0.25) is 0 Å². The van der Waals surface area contributed by atoms with Gasteiger partial charge in [0.15, 0.2) is 0 Å². The molecule has 0 aromatic rings. The first-order chi connectivity index (χ1) is 7.29. The van der Waals surface area contributed by atoms with Gasteiger partial charge in [-0.05, 0) is 12.8 Å². The lowest BCUT2D eigenvalue weighted by Crippen LogP contribution is -2.41. The normalized spacial score (nSPS) is 20.5. The predicted molar refractivity (Wildman–Crippen MR) is 58.2 cm³/mol. The summed E-state index contributed by atoms with van der Waals surface area (Å²) in [6.07, 6.45) is 1.53. The quantitative estimate of drug-likeness (QED) is 0.642. The Balaban J connectivity index is 2.41. The number of rotatable bonds is 6. The molecule has 0 radical (unpaired) electrons. The van der Waals surface area contributed by atoms with Crippen LogP contribution in [-0.4, -0.2) is 56.2 Å². The van der Waals surface area contributed by atoms with Crippen molar-refractivity contribution in [2.24, 2.45) is 0 Å². The molecule has 0 N–H and O–H groups in total. The molecule has 0 aliphatic carbocycles. The second kappa shape index (κ2) is 7.04. The smallest absolute Gasteiger partial charge is 0.251 e. The molecular formula is C10H18ClNO3. The van der Waals surface area contributed by atoms with Crippen LogP contribution in [-0.2, 0) is 14.3 Å². The summed E-state index contributed by atoms with van der Waals surface area (Å²) in [4.78, 5) is 13.6. The van der Waals surface area contributed by atoms with E-state index in [-0.39, 0.29) is 12.0 Å². The van der Waals surface area contributed by atoms with E-state index >= 15 is 0 Å². The monoisotopic (exact) mass is 235 g/mol. The maximum atomic E-state index is 11.9. The molecule has 1 atom stereocenters. The minimum Gasteiger partial charge on any atom is -0.383 e. The van der Waals surface area contributed by atoms with Crippen molar-refractivity contribution in [3.8, 4) is 0 Å². The zero-order valence-electron chi connectivity index (χ0n) is 9.08. The zero-order chi connectivity index (χ0) is 11.1. The lowest BCUT2D eigenvalue weighted by molar-refractivity contribution is -0.141. The van der Waals surface area contributed by atoms with Gasteiger partial charge < -0.3 is 14.4 Å². The molecule has 0 spiro atoms. The summed E-state index contributed by atoms with van der Waals surface area (Å²) >= 11 is 5.65. The maximum absolute atomic E-state index is 11.9. The van der Waals surface area contributed by atoms with Gasteiger partial charge in [0.25, 0.3) is 5.91 Å². The van der Waals surface area contributed by atoms with Crippen LogP contribution < -0.4 is 0 Å². The summed E-state index contributed by atoms with van der Waals surface area (Å²) in [6, 6.07) is 0. The Hall–Kier alpha value is -0.320. The number of carbonyl (C=O) groups excluding carboxylic acids is 1. The van der Waals surface area contributed by atoms with Gasteiger partial charge in [0, 0.05) is 32.7 Å². The van der Waals surface area contributed by atoms with Crippen molar-refractivity contribution in [2.45, 2.75) is 18.9 Å². The first kappa shape index (κ1) is 12.7. The van der Waals surface area contributed by atoms with E-state index in [1.807, 2.05) is 0 Å². The predicted octanol–water partition coefficient (Wildman–Crippen LogP) is 0.879. The van der Waals surface area contributed by atoms with Crippen LogP contribution in [0.5, 0.6) is 0 Å². The van der Waals surface area contributed by atoms with Crippen molar-refractivity contribution < 1.29 is 14.3 Å². The van der Waals surface area contributed by atoms with Crippen molar-refractivity contribution in [3.05, 3.63) is 0 Å². The third kappa shape index (κ3) is 3.97. The molecule has 1 aliphatic heterocycles. The largest absolute Gasteiger partial charge is 0.383 e. The van der Waals surface area contributed by atoms with Gasteiger partial charge in [0.1, 0.15) is 6.10 Å². The van der Waals surface area contributed by atoms with Gasteiger partial charge in [-0.3, -0.25) is 4.79 Å². The van der Waals surface area contributed by atoms with E-state index in [1.54, 1.807) is 12.0 Å². The van der Waals surface area contributed by atoms with E-state index in [9.17, 15) is 4.79 Å². The summed E-state index contributed by atoms with van der Waals surface area (Å²) in [5, 5.41) is 0. The summed E-state index contributed by atoms with van der Waals surface area (Å²) in [5.74, 6) is 0.493. The average molecular weight is 236 g/mol. The maximum Gasteiger partial charge on any atom is 0.251 e. The lowest BCUT2D eigenvalue weighted by atomic mass is 10.2. The number of halogens is 1. The van der Waals surface area contributed by atoms with E-state index in [1.165, 1.54) is 0 Å². The lowest BCUT2D eigenvalue weighted by Gasteiger charge is -2.24. The van der Waals surface area contributed by atoms with Gasteiger partial charge in [-0.15, -0.1) is 11.6 Å². The minimum absolute atomic E-state index is 0.0465. The Morgan fingerprint density at radius 1 is 1.60 bits per heavy atom. The molecule has 1 aliphatic rings. The van der Waals surface area contributed by atoms with Crippen LogP contribution in [0.1, 0.15) is 12.8 Å². The van der Waals surface area contributed by atoms with E-state index in [2.05, 4.69) is 0 Å². The molecule has 88 valence electrons. The molecule has 1 saturated heterocycles. The summed E-state index contributed by atoms with van der Waals surface area (Å²) < 4.78 is 10.3. The van der Waals surface area contributed by atoms with Crippen molar-refractivity contribution in [3.63, 3.8) is 0 Å². The number of alkyl halides is 1. The number of hydrogen-bond acceptors (Lipinski definition) is 3. The Morgan fingerprint density at radius 2 is 2.40 bits per heavy atom. The zero-order valence-corrected chi connectivity index (χ0v) is 9.83. The number of hydrogen-bond donors (Lipinski definition) is 0. The highest BCUT2D eigenvalue weighted by Crippen LogP contribution is 2.14. The van der Waals surface area contributed by atoms with E-state index in [0.29, 0.717) is 32.2 Å². The minimum atomic E-state index is -0.259. The number of carbonyl (C=O) groups is 1. The Kier molecular flexibility index (Phi) is 5.98. The molecule has 5 heteroatoms. The highest BCUT2D eigenvalue weighted by molar-refractivity contribution is 6.18. The van der Waals surface area contributed by atoms with E-state index in [0.717, 1.165) is 12.8 Å². The highest BCUT2D eigenvalue weighted by atomic mass is 35.5. The molecule has 1 amide bonds. The molecule has 4 nitrogen and oxygen atoms in total. The van der Waals surface area contributed by atoms with Crippen molar-refractivity contribution >= 4 is 17.5 Å². The second-order valence-electron chi connectivity index (χ2n) is 3.51. The number of methoxy groups -OCH3 is 1. The van der Waals surface area contributed by atoms with E-state index < -0.39 is 0 Å². The van der Waals surface area contributed by atoms with Crippen LogP contribution in [0.25, 0.3) is 0 Å². The molecule has 15 heavy (non-hydrogen) atoms. The van der Waals surface area contributed by atoms with Gasteiger partial charge >= 0.3 is 0 Å². The van der Waals surface area contributed by atoms with Crippen molar-refractivity contribution in [1.29, 1.82) is 0 Å². The fraction of sp³-hybridized carbons (Fsp3) is 0.900. The molecule has 0 bridgehead atoms. The first-order valence-corrected chi connectivity index (χ1v) is 5.78. The molecule has 0 saturated carbocycles. The van der Waals surface area contributed by atoms with Gasteiger partial charge in [0.2, 0.25) is 0 Å². The van der Waals surface area contributed by atoms with Gasteiger partial charge in [-0.2, -0.15) is 0 Å². The Morgan fingerprint density at radius 3 is 2.93 bits per heavy atom. The van der Waals surface area contributed by atoms with Crippen LogP contribution in [0, 0.1) is 0 Å². The van der Waals surface area contributed by atoms with Crippen LogP contribution in [0.15, 0.2) is 0 Å². The molecule has 0 aromatic heterocycles. The van der Waals surface area contributed by atoms with Gasteiger partial charge in [0.05, 0.1) is 6.61 Å². The standard InChI is InChI=1S/C10H18ClNO3/c1-14-8-6-12(5-4-11)10(13)9-3-2-7-15-9/h9H,2-8H2,1H3. The Labute approximate surface area is 95.5 Å². The molecule has 0 aromatic carbocycles. The summed E-state index contributed by atoms with van der Waals surface area (Å²) in [7, 11) is 1.62. The third-order valence-electron chi connectivity index (χ3n) is 2.44. The first-order valence-electron chi connectivity index (χ1n) is 5.25. The topological polar surface area (TPSA) is 38.8 Å². The van der Waals surface area contributed by atoms with Gasteiger partial charge in [-0.25, -0.2) is 0 Å². The number of nitrogens with zero attached hydrogens (tertiary/aromatic N) is 1.